The number of rotatable bonds is 1. The summed E-state index contributed by atoms with van der Waals surface area (Å²) in [5.74, 6) is 0. The molecule has 0 aliphatic heterocycles. The van der Waals surface area contributed by atoms with E-state index in [1.54, 1.807) is 7.11 Å². The first-order chi connectivity index (χ1) is 1.91. The third-order valence-electron chi connectivity index (χ3n) is 0.204. The first-order valence-corrected chi connectivity index (χ1v) is 5.52. The second-order valence-corrected chi connectivity index (χ2v) is 2.45. The average Bonchev–Trinajstić information content (AvgIpc) is 1.37. The molecule has 0 bridgehead atoms. The maximum atomic E-state index is 4.63. The van der Waals surface area contributed by atoms with E-state index in [1.807, 2.05) is 0 Å². The zero-order chi connectivity index (χ0) is 3.41. The Morgan fingerprint density at radius 2 is 2.25 bits per heavy atom. The van der Waals surface area contributed by atoms with E-state index in [2.05, 4.69) is 4.52 Å². The van der Waals surface area contributed by atoms with E-state index in [0.29, 0.717) is 0 Å². The molecule has 4 heavy (non-hydrogen) atoms. The van der Waals surface area contributed by atoms with Crippen LogP contribution in [0.4, 0.5) is 0 Å². The van der Waals surface area contributed by atoms with Crippen molar-refractivity contribution in [3.8, 4) is 0 Å². The van der Waals surface area contributed by atoms with Crippen molar-refractivity contribution in [2.75, 3.05) is 7.11 Å². The van der Waals surface area contributed by atoms with Crippen molar-refractivity contribution in [1.29, 1.82) is 0 Å². The molecule has 1 unspecified atom stereocenters. The molecule has 0 N–H and O–H groups in total. The van der Waals surface area contributed by atoms with Crippen molar-refractivity contribution in [1.82, 2.24) is 0 Å². The summed E-state index contributed by atoms with van der Waals surface area (Å²) in [4.78, 5) is 0. The highest BCUT2D eigenvalue weighted by Gasteiger charge is 1.51. The van der Waals surface area contributed by atoms with Gasteiger partial charge in [-0.1, -0.05) is 0 Å². The largest absolute Gasteiger partial charge is 0.371 e. The molecule has 0 aliphatic rings. The molecule has 0 aromatic carbocycles. The lowest BCUT2D eigenvalue weighted by Gasteiger charge is -1.76. The van der Waals surface area contributed by atoms with Crippen LogP contribution in [-0.4, -0.2) is 17.0 Å². The second kappa shape index (κ2) is 3.61. The average molecular weight is 94.1 g/mol. The second-order valence-electron chi connectivity index (χ2n) is 0.408. The Morgan fingerprint density at radius 3 is 2.25 bits per heavy atom. The van der Waals surface area contributed by atoms with Crippen molar-refractivity contribution in [2.24, 2.45) is 0 Å². The molecule has 0 amide bonds. The molecule has 0 saturated heterocycles. The molecule has 0 rings (SSSR count). The molecule has 0 spiro atoms. The minimum absolute atomic E-state index is 0.779. The Balaban J connectivity index is 1.97. The van der Waals surface area contributed by atoms with E-state index in [9.17, 15) is 0 Å². The third kappa shape index (κ3) is 2.61. The van der Waals surface area contributed by atoms with Crippen LogP contribution in [0.2, 0.25) is 0 Å². The minimum atomic E-state index is 0.779. The Morgan fingerprint density at radius 1 is 2.00 bits per heavy atom. The minimum Gasteiger partial charge on any atom is -0.371 e. The fourth-order valence-corrected chi connectivity index (χ4v) is 0. The summed E-state index contributed by atoms with van der Waals surface area (Å²) >= 11 is 0. The molecule has 0 aliphatic carbocycles. The fourth-order valence-electron chi connectivity index (χ4n) is 0. The maximum absolute atomic E-state index is 4.63. The van der Waals surface area contributed by atoms with E-state index >= 15 is 0 Å². The smallest absolute Gasteiger partial charge is 0.0625 e. The zero-order valence-electron chi connectivity index (χ0n) is 2.91. The lowest BCUT2D eigenvalue weighted by molar-refractivity contribution is 0.484. The third-order valence-corrected chi connectivity index (χ3v) is 1.84. The van der Waals surface area contributed by atoms with Crippen molar-refractivity contribution in [2.45, 2.75) is 0 Å². The normalized spacial score (nSPS) is 11.2. The summed E-state index contributed by atoms with van der Waals surface area (Å²) in [5, 5.41) is 0. The monoisotopic (exact) mass is 94.0 g/mol. The first-order valence-electron chi connectivity index (χ1n) is 1.11. The van der Waals surface area contributed by atoms with Gasteiger partial charge in [0.1, 0.15) is 0 Å². The van der Waals surface area contributed by atoms with E-state index < -0.39 is 0 Å². The molecule has 0 aromatic heterocycles. The standard InChI is InChI=1S/CH7OPSi/c1-2-3-4/h3H,1,4H3. The van der Waals surface area contributed by atoms with Gasteiger partial charge in [0.2, 0.25) is 0 Å². The van der Waals surface area contributed by atoms with Crippen LogP contribution in [0.1, 0.15) is 0 Å². The highest BCUT2D eigenvalue weighted by Crippen LogP contribution is 1.94. The molecule has 3 heteroatoms. The van der Waals surface area contributed by atoms with Gasteiger partial charge < -0.3 is 4.52 Å². The summed E-state index contributed by atoms with van der Waals surface area (Å²) in [6.45, 7) is 0. The maximum Gasteiger partial charge on any atom is 0.0625 e. The van der Waals surface area contributed by atoms with Crippen LogP contribution in [0, 0.1) is 0 Å². The van der Waals surface area contributed by atoms with Crippen LogP contribution in [0.25, 0.3) is 0 Å². The molecule has 1 atom stereocenters. The molecule has 0 radical (unpaired) electrons. The van der Waals surface area contributed by atoms with Gasteiger partial charge in [0.05, 0.1) is 9.91 Å². The first kappa shape index (κ1) is 4.61. The van der Waals surface area contributed by atoms with Gasteiger partial charge in [-0.2, -0.15) is 0 Å². The fraction of sp³-hybridized carbons (Fsp3) is 1.00. The molecule has 0 heterocycles. The van der Waals surface area contributed by atoms with Gasteiger partial charge in [-0.15, -0.1) is 0 Å². The molecule has 0 aromatic rings. The van der Waals surface area contributed by atoms with E-state index in [4.69, 9.17) is 0 Å². The Hall–Kier alpha value is 0.607. The van der Waals surface area contributed by atoms with E-state index in [-0.39, 0.29) is 0 Å². The molecule has 1 nitrogen and oxygen atoms in total. The van der Waals surface area contributed by atoms with Gasteiger partial charge in [-0.25, -0.2) is 0 Å². The zero-order valence-corrected chi connectivity index (χ0v) is 5.91. The highest BCUT2D eigenvalue weighted by atomic mass is 31.3. The predicted octanol–water partition coefficient (Wildman–Crippen LogP) is -0.493. The molecular weight excluding hydrogens is 87.1 g/mol. The highest BCUT2D eigenvalue weighted by molar-refractivity contribution is 7.62. The quantitative estimate of drug-likeness (QED) is 0.314. The van der Waals surface area contributed by atoms with E-state index in [1.165, 1.54) is 9.91 Å². The molecule has 26 valence electrons. The van der Waals surface area contributed by atoms with Gasteiger partial charge in [-0.05, 0) is 8.36 Å². The summed E-state index contributed by atoms with van der Waals surface area (Å²) in [5.41, 5.74) is 0. The summed E-state index contributed by atoms with van der Waals surface area (Å²) in [7, 11) is 3.70. The van der Waals surface area contributed by atoms with Crippen molar-refractivity contribution < 1.29 is 4.52 Å². The predicted molar refractivity (Wildman–Crippen MR) is 25.3 cm³/mol. The van der Waals surface area contributed by atoms with Crippen LogP contribution >= 0.6 is 8.36 Å². The molecular formula is CH7OPSi. The van der Waals surface area contributed by atoms with Crippen LogP contribution in [0.15, 0.2) is 0 Å². The summed E-state index contributed by atoms with van der Waals surface area (Å²) in [6, 6.07) is 0. The van der Waals surface area contributed by atoms with E-state index in [0.717, 1.165) is 8.36 Å². The van der Waals surface area contributed by atoms with Crippen molar-refractivity contribution in [3.63, 3.8) is 0 Å². The van der Waals surface area contributed by atoms with Crippen molar-refractivity contribution >= 4 is 18.3 Å². The van der Waals surface area contributed by atoms with Gasteiger partial charge in [0.15, 0.2) is 0 Å². The van der Waals surface area contributed by atoms with Crippen LogP contribution in [-0.2, 0) is 4.52 Å². The lowest BCUT2D eigenvalue weighted by Crippen LogP contribution is -1.51. The van der Waals surface area contributed by atoms with Gasteiger partial charge in [-0.3, -0.25) is 0 Å². The summed E-state index contributed by atoms with van der Waals surface area (Å²) < 4.78 is 4.63. The van der Waals surface area contributed by atoms with Gasteiger partial charge in [0.25, 0.3) is 0 Å². The van der Waals surface area contributed by atoms with Crippen LogP contribution < -0.4 is 0 Å². The lowest BCUT2D eigenvalue weighted by atomic mass is 11.8. The Bertz CT molecular complexity index is 10.0. The van der Waals surface area contributed by atoms with Gasteiger partial charge >= 0.3 is 0 Å². The number of hydrogen-bond acceptors (Lipinski definition) is 1. The van der Waals surface area contributed by atoms with Crippen LogP contribution in [0.5, 0.6) is 0 Å². The molecule has 0 fully saturated rings. The Labute approximate surface area is 30.9 Å². The topological polar surface area (TPSA) is 9.23 Å². The van der Waals surface area contributed by atoms with Crippen molar-refractivity contribution in [3.05, 3.63) is 0 Å². The Kier molecular flexibility index (Phi) is 4.15. The van der Waals surface area contributed by atoms with Gasteiger partial charge in [0, 0.05) is 7.11 Å². The SMILES string of the molecule is COP[SiH3]. The van der Waals surface area contributed by atoms with Crippen LogP contribution in [0.3, 0.4) is 0 Å². The summed E-state index contributed by atoms with van der Waals surface area (Å²) in [6.07, 6.45) is 0. The number of hydrogen-bond donors (Lipinski definition) is 0. The molecule has 0 saturated carbocycles.